The molecule has 0 aromatic heterocycles. The number of nitrogens with zero attached hydrogens (tertiary/aromatic N) is 1. The highest BCUT2D eigenvalue weighted by molar-refractivity contribution is 6.46. The highest BCUT2D eigenvalue weighted by atomic mass is 19.1. The van der Waals surface area contributed by atoms with E-state index in [1.165, 1.54) is 17.0 Å². The van der Waals surface area contributed by atoms with Crippen molar-refractivity contribution in [2.45, 2.75) is 12.6 Å². The lowest BCUT2D eigenvalue weighted by atomic mass is 9.95. The largest absolute Gasteiger partial charge is 0.507 e. The summed E-state index contributed by atoms with van der Waals surface area (Å²) in [5.74, 6) is -1.21. The van der Waals surface area contributed by atoms with Crippen LogP contribution in [-0.2, 0) is 16.1 Å². The second-order valence-electron chi connectivity index (χ2n) is 7.53. The SMILES string of the molecule is O=C1C(=O)N(Cc2ccc(F)cc2)C(c2ccccc2)/C1=C(/O)c1ccc2c(c1)OCO2. The molecule has 1 amide bonds. The predicted molar refractivity (Wildman–Crippen MR) is 113 cm³/mol. The van der Waals surface area contributed by atoms with Crippen molar-refractivity contribution in [3.05, 3.63) is 101 Å². The monoisotopic (exact) mass is 431 g/mol. The smallest absolute Gasteiger partial charge is 0.295 e. The predicted octanol–water partition coefficient (Wildman–Crippen LogP) is 4.18. The first kappa shape index (κ1) is 19.8. The van der Waals surface area contributed by atoms with E-state index in [4.69, 9.17) is 9.47 Å². The first-order valence-corrected chi connectivity index (χ1v) is 10.0. The molecule has 0 radical (unpaired) electrons. The number of amides is 1. The highest BCUT2D eigenvalue weighted by Gasteiger charge is 2.46. The number of benzene rings is 3. The molecular weight excluding hydrogens is 413 g/mol. The molecule has 6 nitrogen and oxygen atoms in total. The van der Waals surface area contributed by atoms with Crippen molar-refractivity contribution in [1.82, 2.24) is 4.90 Å². The summed E-state index contributed by atoms with van der Waals surface area (Å²) in [5.41, 5.74) is 1.67. The topological polar surface area (TPSA) is 76.1 Å². The number of fused-ring (bicyclic) bond motifs is 1. The Morgan fingerprint density at radius 3 is 2.44 bits per heavy atom. The van der Waals surface area contributed by atoms with E-state index in [1.54, 1.807) is 54.6 Å². The summed E-state index contributed by atoms with van der Waals surface area (Å²) in [6.45, 7) is 0.161. The maximum atomic E-state index is 13.3. The summed E-state index contributed by atoms with van der Waals surface area (Å²) in [6.07, 6.45) is 0. The molecule has 0 saturated carbocycles. The van der Waals surface area contributed by atoms with Gasteiger partial charge < -0.3 is 19.5 Å². The van der Waals surface area contributed by atoms with Gasteiger partial charge in [0, 0.05) is 12.1 Å². The number of aliphatic hydroxyl groups excluding tert-OH is 1. The van der Waals surface area contributed by atoms with Gasteiger partial charge in [0.05, 0.1) is 11.6 Å². The van der Waals surface area contributed by atoms with E-state index in [1.807, 2.05) is 6.07 Å². The average molecular weight is 431 g/mol. The second kappa shape index (κ2) is 7.85. The van der Waals surface area contributed by atoms with Crippen molar-refractivity contribution in [3.63, 3.8) is 0 Å². The number of halogens is 1. The molecule has 1 atom stereocenters. The van der Waals surface area contributed by atoms with E-state index in [-0.39, 0.29) is 24.7 Å². The maximum absolute atomic E-state index is 13.3. The number of hydrogen-bond donors (Lipinski definition) is 1. The maximum Gasteiger partial charge on any atom is 0.295 e. The van der Waals surface area contributed by atoms with Crippen LogP contribution in [0.2, 0.25) is 0 Å². The minimum absolute atomic E-state index is 0.0119. The van der Waals surface area contributed by atoms with Crippen LogP contribution in [0.15, 0.2) is 78.4 Å². The minimum atomic E-state index is -0.799. The van der Waals surface area contributed by atoms with Crippen LogP contribution in [0.1, 0.15) is 22.7 Å². The first-order chi connectivity index (χ1) is 15.5. The van der Waals surface area contributed by atoms with Gasteiger partial charge in [0.1, 0.15) is 11.6 Å². The van der Waals surface area contributed by atoms with Crippen LogP contribution in [0.3, 0.4) is 0 Å². The summed E-state index contributed by atoms with van der Waals surface area (Å²) >= 11 is 0. The number of Topliss-reactive ketones (excluding diaryl/α,β-unsaturated/α-hetero) is 1. The van der Waals surface area contributed by atoms with Crippen LogP contribution in [0.25, 0.3) is 5.76 Å². The second-order valence-corrected chi connectivity index (χ2v) is 7.53. The van der Waals surface area contributed by atoms with Gasteiger partial charge in [0.15, 0.2) is 11.5 Å². The Morgan fingerprint density at radius 2 is 1.69 bits per heavy atom. The van der Waals surface area contributed by atoms with Gasteiger partial charge >= 0.3 is 0 Å². The minimum Gasteiger partial charge on any atom is -0.507 e. The zero-order valence-electron chi connectivity index (χ0n) is 16.8. The van der Waals surface area contributed by atoms with Gasteiger partial charge in [-0.15, -0.1) is 0 Å². The van der Waals surface area contributed by atoms with E-state index in [2.05, 4.69) is 0 Å². The molecule has 1 saturated heterocycles. The highest BCUT2D eigenvalue weighted by Crippen LogP contribution is 2.42. The van der Waals surface area contributed by atoms with Crippen LogP contribution in [0.5, 0.6) is 11.5 Å². The molecule has 160 valence electrons. The van der Waals surface area contributed by atoms with Crippen molar-refractivity contribution in [3.8, 4) is 11.5 Å². The lowest BCUT2D eigenvalue weighted by Crippen LogP contribution is -2.29. The molecule has 2 heterocycles. The van der Waals surface area contributed by atoms with Gasteiger partial charge in [-0.25, -0.2) is 4.39 Å². The number of carbonyl (C=O) groups excluding carboxylic acids is 2. The molecule has 3 aromatic carbocycles. The molecular formula is C25H18FNO5. The van der Waals surface area contributed by atoms with Gasteiger partial charge in [-0.05, 0) is 41.5 Å². The third-order valence-corrected chi connectivity index (χ3v) is 5.57. The molecule has 0 bridgehead atoms. The summed E-state index contributed by atoms with van der Waals surface area (Å²) in [6, 6.07) is 18.8. The van der Waals surface area contributed by atoms with Crippen LogP contribution >= 0.6 is 0 Å². The average Bonchev–Trinajstić information content (AvgIpc) is 3.38. The molecule has 32 heavy (non-hydrogen) atoms. The molecule has 1 N–H and O–H groups in total. The Bertz CT molecular complexity index is 1240. The van der Waals surface area contributed by atoms with Gasteiger partial charge in [-0.3, -0.25) is 9.59 Å². The normalized spacial score (nSPS) is 18.9. The van der Waals surface area contributed by atoms with Crippen molar-refractivity contribution in [2.24, 2.45) is 0 Å². The Kier molecular flexibility index (Phi) is 4.86. The molecule has 3 aromatic rings. The van der Waals surface area contributed by atoms with Crippen molar-refractivity contribution in [1.29, 1.82) is 0 Å². The Labute approximate surface area is 183 Å². The summed E-state index contributed by atoms with van der Waals surface area (Å²) in [5, 5.41) is 11.1. The summed E-state index contributed by atoms with van der Waals surface area (Å²) in [7, 11) is 0. The van der Waals surface area contributed by atoms with Gasteiger partial charge in [0.25, 0.3) is 11.7 Å². The number of ketones is 1. The lowest BCUT2D eigenvalue weighted by Gasteiger charge is -2.25. The quantitative estimate of drug-likeness (QED) is 0.381. The van der Waals surface area contributed by atoms with Crippen LogP contribution in [0, 0.1) is 5.82 Å². The van der Waals surface area contributed by atoms with Crippen molar-refractivity contribution in [2.75, 3.05) is 6.79 Å². The van der Waals surface area contributed by atoms with Crippen LogP contribution in [0.4, 0.5) is 4.39 Å². The lowest BCUT2D eigenvalue weighted by molar-refractivity contribution is -0.140. The van der Waals surface area contributed by atoms with Gasteiger partial charge in [0.2, 0.25) is 6.79 Å². The first-order valence-electron chi connectivity index (χ1n) is 10.0. The zero-order valence-corrected chi connectivity index (χ0v) is 16.8. The van der Waals surface area contributed by atoms with E-state index < -0.39 is 23.5 Å². The Hall–Kier alpha value is -4.13. The fourth-order valence-corrected chi connectivity index (χ4v) is 4.01. The van der Waals surface area contributed by atoms with E-state index in [0.717, 1.165) is 0 Å². The number of hydrogen-bond acceptors (Lipinski definition) is 5. The van der Waals surface area contributed by atoms with E-state index in [9.17, 15) is 19.1 Å². The molecule has 2 aliphatic heterocycles. The molecule has 0 aliphatic carbocycles. The molecule has 7 heteroatoms. The number of likely N-dealkylation sites (tertiary alicyclic amines) is 1. The third kappa shape index (κ3) is 3.37. The summed E-state index contributed by atoms with van der Waals surface area (Å²) < 4.78 is 24.0. The number of carbonyl (C=O) groups is 2. The molecule has 1 unspecified atom stereocenters. The van der Waals surface area contributed by atoms with E-state index >= 15 is 0 Å². The number of rotatable bonds is 4. The Balaban J connectivity index is 1.62. The number of aliphatic hydroxyl groups is 1. The standard InChI is InChI=1S/C25H18FNO5/c26-18-9-6-15(7-10-18)13-27-22(16-4-2-1-3-5-16)21(24(29)25(27)30)23(28)17-8-11-19-20(12-17)32-14-31-19/h1-12,22,28H,13-14H2/b23-21-. The van der Waals surface area contributed by atoms with E-state index in [0.29, 0.717) is 28.2 Å². The Morgan fingerprint density at radius 1 is 0.969 bits per heavy atom. The van der Waals surface area contributed by atoms with Gasteiger partial charge in [-0.2, -0.15) is 0 Å². The van der Waals surface area contributed by atoms with Crippen LogP contribution in [-0.4, -0.2) is 28.5 Å². The fourth-order valence-electron chi connectivity index (χ4n) is 4.01. The summed E-state index contributed by atoms with van der Waals surface area (Å²) in [4.78, 5) is 27.5. The zero-order chi connectivity index (χ0) is 22.2. The third-order valence-electron chi connectivity index (χ3n) is 5.57. The molecule has 2 aliphatic rings. The fraction of sp³-hybridized carbons (Fsp3) is 0.120. The van der Waals surface area contributed by atoms with Crippen molar-refractivity contribution < 1.29 is 28.6 Å². The molecule has 5 rings (SSSR count). The number of ether oxygens (including phenoxy) is 2. The molecule has 1 fully saturated rings. The van der Waals surface area contributed by atoms with Gasteiger partial charge in [-0.1, -0.05) is 42.5 Å². The van der Waals surface area contributed by atoms with Crippen LogP contribution < -0.4 is 9.47 Å². The molecule has 0 spiro atoms. The van der Waals surface area contributed by atoms with Crippen molar-refractivity contribution >= 4 is 17.4 Å².